The molecule has 0 unspecified atom stereocenters. The van der Waals surface area contributed by atoms with Crippen LogP contribution in [0, 0.1) is 5.92 Å². The summed E-state index contributed by atoms with van der Waals surface area (Å²) < 4.78 is 0.0110. The number of fused-ring (bicyclic) bond motifs is 5. The minimum atomic E-state index is -1.85. The number of thiocarbonyl (C=S) groups is 1. The second-order valence-electron chi connectivity index (χ2n) is 9.03. The molecule has 6 nitrogen and oxygen atoms in total. The molecule has 1 fully saturated rings. The first-order valence-corrected chi connectivity index (χ1v) is 12.9. The molecule has 0 spiro atoms. The summed E-state index contributed by atoms with van der Waals surface area (Å²) in [7, 11) is 0. The zero-order valence-electron chi connectivity index (χ0n) is 18.6. The number of hydrogen-bond donors (Lipinski definition) is 2. The Balaban J connectivity index is 1.33. The lowest BCUT2D eigenvalue weighted by Gasteiger charge is -2.44. The third kappa shape index (κ3) is 5.00. The van der Waals surface area contributed by atoms with Gasteiger partial charge in [-0.25, -0.2) is 0 Å². The number of rotatable bonds is 3. The Morgan fingerprint density at radius 1 is 0.971 bits per heavy atom. The molecule has 182 valence electrons. The van der Waals surface area contributed by atoms with E-state index in [2.05, 4.69) is 10.6 Å². The van der Waals surface area contributed by atoms with Crippen molar-refractivity contribution in [2.45, 2.75) is 28.8 Å². The van der Waals surface area contributed by atoms with Crippen molar-refractivity contribution in [3.63, 3.8) is 0 Å². The van der Waals surface area contributed by atoms with Gasteiger partial charge >= 0.3 is 0 Å². The molecule has 2 aromatic carbocycles. The van der Waals surface area contributed by atoms with Gasteiger partial charge in [0.2, 0.25) is 3.79 Å². The van der Waals surface area contributed by atoms with Crippen molar-refractivity contribution in [2.75, 3.05) is 13.1 Å². The third-order valence-electron chi connectivity index (χ3n) is 6.67. The molecule has 10 heteroatoms. The lowest BCUT2D eigenvalue weighted by Crippen LogP contribution is -2.60. The number of nitrogens with one attached hydrogen (secondary N) is 2. The molecule has 1 aromatic heterocycles. The maximum absolute atomic E-state index is 13.2. The summed E-state index contributed by atoms with van der Waals surface area (Å²) in [6, 6.07) is 18.5. The van der Waals surface area contributed by atoms with Crippen LogP contribution in [0.3, 0.4) is 0 Å². The van der Waals surface area contributed by atoms with E-state index in [1.54, 1.807) is 18.2 Å². The average molecular weight is 550 g/mol. The molecule has 5 rings (SSSR count). The first-order valence-electron chi connectivity index (χ1n) is 11.3. The van der Waals surface area contributed by atoms with E-state index in [4.69, 9.17) is 47.0 Å². The number of hydrogen-bond acceptors (Lipinski definition) is 3. The predicted octanol–water partition coefficient (Wildman–Crippen LogP) is 4.42. The topological polar surface area (TPSA) is 66.4 Å². The molecule has 35 heavy (non-hydrogen) atoms. The minimum Gasteiger partial charge on any atom is -0.348 e. The smallest absolute Gasteiger partial charge is 0.253 e. The zero-order valence-corrected chi connectivity index (χ0v) is 21.7. The van der Waals surface area contributed by atoms with Gasteiger partial charge in [0, 0.05) is 42.9 Å². The molecule has 0 saturated carbocycles. The number of carbonyl (C=O) groups is 1. The Bertz CT molecular complexity index is 1350. The van der Waals surface area contributed by atoms with Crippen molar-refractivity contribution in [3.8, 4) is 0 Å². The maximum atomic E-state index is 13.2. The van der Waals surface area contributed by atoms with Crippen LogP contribution >= 0.6 is 47.0 Å². The Morgan fingerprint density at radius 2 is 1.71 bits per heavy atom. The number of likely N-dealkylation sites (tertiary alicyclic amines) is 1. The number of nitrogens with zero attached hydrogens (tertiary/aromatic N) is 2. The quantitative estimate of drug-likeness (QED) is 0.288. The van der Waals surface area contributed by atoms with Crippen LogP contribution in [0.15, 0.2) is 65.5 Å². The molecule has 3 atom stereocenters. The highest BCUT2D eigenvalue weighted by atomic mass is 35.6. The number of aromatic nitrogens is 1. The minimum absolute atomic E-state index is 0.0266. The summed E-state index contributed by atoms with van der Waals surface area (Å²) in [5.74, 6) is 0.0717. The lowest BCUT2D eigenvalue weighted by molar-refractivity contribution is 0.0934. The molecule has 2 bridgehead atoms. The summed E-state index contributed by atoms with van der Waals surface area (Å²) in [4.78, 5) is 27.5. The molecule has 3 aromatic rings. The predicted molar refractivity (Wildman–Crippen MR) is 144 cm³/mol. The summed E-state index contributed by atoms with van der Waals surface area (Å²) in [6.07, 6.45) is -0.0583. The summed E-state index contributed by atoms with van der Waals surface area (Å²) in [5.41, 5.74) is 1.52. The van der Waals surface area contributed by atoms with E-state index in [-0.39, 0.29) is 23.3 Å². The van der Waals surface area contributed by atoms with Gasteiger partial charge in [0.1, 0.15) is 6.17 Å². The summed E-state index contributed by atoms with van der Waals surface area (Å²) in [6.45, 7) is 1.96. The number of pyridine rings is 1. The third-order valence-corrected chi connectivity index (χ3v) is 7.70. The van der Waals surface area contributed by atoms with Gasteiger partial charge < -0.3 is 20.1 Å². The summed E-state index contributed by atoms with van der Waals surface area (Å²) >= 11 is 24.4. The standard InChI is InChI=1S/C25H23Cl3N4O2S/c26-25(27,28)23(29-22(34)19-8-3-6-16-5-1-2-7-18(16)19)30-24(35)31-12-15-11-17(14-31)20-9-4-10-21(33)32(20)13-15/h1-10,15,17,23H,11-14H2,(H,29,34)(H,30,35)/t15-,17+,23+/m0/s1. The van der Waals surface area contributed by atoms with E-state index in [0.29, 0.717) is 30.3 Å². The van der Waals surface area contributed by atoms with Crippen molar-refractivity contribution in [3.05, 3.63) is 82.3 Å². The van der Waals surface area contributed by atoms with Gasteiger partial charge in [0.25, 0.3) is 11.5 Å². The van der Waals surface area contributed by atoms with Gasteiger partial charge in [-0.1, -0.05) is 77.3 Å². The Hall–Kier alpha value is -2.32. The van der Waals surface area contributed by atoms with E-state index >= 15 is 0 Å². The molecule has 3 heterocycles. The zero-order chi connectivity index (χ0) is 24.7. The molecular formula is C25H23Cl3N4O2S. The van der Waals surface area contributed by atoms with Gasteiger partial charge in [-0.2, -0.15) is 0 Å². The van der Waals surface area contributed by atoms with Gasteiger partial charge in [-0.05, 0) is 47.5 Å². The van der Waals surface area contributed by atoms with Crippen LogP contribution < -0.4 is 16.2 Å². The van der Waals surface area contributed by atoms with Crippen molar-refractivity contribution in [1.82, 2.24) is 20.1 Å². The fourth-order valence-electron chi connectivity index (χ4n) is 5.11. The van der Waals surface area contributed by atoms with Gasteiger partial charge in [0.15, 0.2) is 5.11 Å². The van der Waals surface area contributed by atoms with Crippen molar-refractivity contribution in [1.29, 1.82) is 0 Å². The SMILES string of the molecule is O=C(N[C@H](NC(=S)N1C[C@@H]2C[C@H](C1)c1cccc(=O)n1C2)C(Cl)(Cl)Cl)c1cccc2ccccc12. The largest absolute Gasteiger partial charge is 0.348 e. The molecular weight excluding hydrogens is 527 g/mol. The molecule has 1 saturated heterocycles. The van der Waals surface area contributed by atoms with E-state index < -0.39 is 9.96 Å². The van der Waals surface area contributed by atoms with Crippen LogP contribution in [0.2, 0.25) is 0 Å². The number of benzene rings is 2. The Morgan fingerprint density at radius 3 is 2.51 bits per heavy atom. The second kappa shape index (κ2) is 9.62. The number of halogens is 3. The number of alkyl halides is 3. The number of piperidine rings is 1. The highest BCUT2D eigenvalue weighted by Gasteiger charge is 2.39. The van der Waals surface area contributed by atoms with E-state index in [0.717, 1.165) is 22.9 Å². The van der Waals surface area contributed by atoms with E-state index in [1.165, 1.54) is 0 Å². The molecule has 2 aliphatic rings. The Kier molecular flexibility index (Phi) is 6.70. The number of amides is 1. The fourth-order valence-corrected chi connectivity index (χ4v) is 5.70. The van der Waals surface area contributed by atoms with Gasteiger partial charge in [-0.3, -0.25) is 9.59 Å². The van der Waals surface area contributed by atoms with Crippen molar-refractivity contribution >= 4 is 68.8 Å². The van der Waals surface area contributed by atoms with Crippen molar-refractivity contribution < 1.29 is 4.79 Å². The molecule has 1 amide bonds. The number of carbonyl (C=O) groups excluding carboxylic acids is 1. The summed E-state index contributed by atoms with van der Waals surface area (Å²) in [5, 5.41) is 7.99. The fraction of sp³-hybridized carbons (Fsp3) is 0.320. The van der Waals surface area contributed by atoms with Crippen LogP contribution in [-0.2, 0) is 6.54 Å². The highest BCUT2D eigenvalue weighted by Crippen LogP contribution is 2.35. The molecule has 0 aliphatic carbocycles. The molecule has 0 radical (unpaired) electrons. The lowest BCUT2D eigenvalue weighted by atomic mass is 9.83. The first-order chi connectivity index (χ1) is 16.7. The maximum Gasteiger partial charge on any atom is 0.253 e. The van der Waals surface area contributed by atoms with Crippen LogP contribution in [0.1, 0.15) is 28.4 Å². The molecule has 2 N–H and O–H groups in total. The van der Waals surface area contributed by atoms with Crippen molar-refractivity contribution in [2.24, 2.45) is 5.92 Å². The normalized spacial score (nSPS) is 20.1. The van der Waals surface area contributed by atoms with E-state index in [1.807, 2.05) is 51.9 Å². The Labute approximate surface area is 223 Å². The van der Waals surface area contributed by atoms with E-state index in [9.17, 15) is 9.59 Å². The monoisotopic (exact) mass is 548 g/mol. The van der Waals surface area contributed by atoms with Gasteiger partial charge in [0.05, 0.1) is 0 Å². The first kappa shape index (κ1) is 24.4. The highest BCUT2D eigenvalue weighted by molar-refractivity contribution is 7.80. The van der Waals surface area contributed by atoms with Crippen LogP contribution in [-0.4, -0.2) is 43.5 Å². The van der Waals surface area contributed by atoms with Crippen LogP contribution in [0.25, 0.3) is 10.8 Å². The average Bonchev–Trinajstić information content (AvgIpc) is 2.83. The second-order valence-corrected chi connectivity index (χ2v) is 11.8. The van der Waals surface area contributed by atoms with Crippen LogP contribution in [0.4, 0.5) is 0 Å². The van der Waals surface area contributed by atoms with Gasteiger partial charge in [-0.15, -0.1) is 0 Å². The molecule has 2 aliphatic heterocycles. The van der Waals surface area contributed by atoms with Crippen LogP contribution in [0.5, 0.6) is 0 Å².